The van der Waals surface area contributed by atoms with E-state index < -0.39 is 11.5 Å². The molecule has 0 aromatic heterocycles. The number of rotatable bonds is 3. The fourth-order valence-corrected chi connectivity index (χ4v) is 1.92. The van der Waals surface area contributed by atoms with Crippen molar-refractivity contribution in [3.8, 4) is 0 Å². The molecule has 0 heterocycles. The highest BCUT2D eigenvalue weighted by Crippen LogP contribution is 2.35. The number of carboxylic acids is 1. The summed E-state index contributed by atoms with van der Waals surface area (Å²) in [6, 6.07) is 7.82. The summed E-state index contributed by atoms with van der Waals surface area (Å²) < 4.78 is 0. The van der Waals surface area contributed by atoms with E-state index in [1.54, 1.807) is 0 Å². The number of benzene rings is 1. The minimum absolute atomic E-state index is 0.714. The summed E-state index contributed by atoms with van der Waals surface area (Å²) in [4.78, 5) is 11.1. The lowest BCUT2D eigenvalue weighted by Gasteiger charge is -2.39. The van der Waals surface area contributed by atoms with Crippen molar-refractivity contribution in [2.75, 3.05) is 5.32 Å². The van der Waals surface area contributed by atoms with Gasteiger partial charge in [-0.05, 0) is 43.9 Å². The Morgan fingerprint density at radius 2 is 2.20 bits per heavy atom. The number of anilines is 1. The van der Waals surface area contributed by atoms with Crippen LogP contribution in [-0.4, -0.2) is 16.6 Å². The molecule has 0 radical (unpaired) electrons. The Hall–Kier alpha value is -1.51. The molecule has 0 spiro atoms. The van der Waals surface area contributed by atoms with Gasteiger partial charge in [-0.2, -0.15) is 0 Å². The predicted molar refractivity (Wildman–Crippen MR) is 59.0 cm³/mol. The molecule has 0 saturated heterocycles. The summed E-state index contributed by atoms with van der Waals surface area (Å²) in [5.41, 5.74) is 1.32. The summed E-state index contributed by atoms with van der Waals surface area (Å²) in [5.74, 6) is -0.741. The van der Waals surface area contributed by atoms with E-state index in [-0.39, 0.29) is 0 Å². The zero-order chi connectivity index (χ0) is 10.9. The zero-order valence-electron chi connectivity index (χ0n) is 8.79. The third-order valence-corrected chi connectivity index (χ3v) is 3.02. The maximum absolute atomic E-state index is 11.1. The van der Waals surface area contributed by atoms with Gasteiger partial charge in [0.2, 0.25) is 0 Å². The maximum atomic E-state index is 11.1. The Kier molecular flexibility index (Phi) is 2.39. The van der Waals surface area contributed by atoms with Gasteiger partial charge in [0, 0.05) is 5.69 Å². The van der Waals surface area contributed by atoms with Crippen LogP contribution in [0.4, 0.5) is 5.69 Å². The van der Waals surface area contributed by atoms with Gasteiger partial charge < -0.3 is 10.4 Å². The summed E-state index contributed by atoms with van der Waals surface area (Å²) in [7, 11) is 0. The highest BCUT2D eigenvalue weighted by Gasteiger charge is 2.44. The number of carboxylic acid groups (broad SMARTS) is 1. The van der Waals surface area contributed by atoms with Crippen LogP contribution in [0, 0.1) is 6.92 Å². The summed E-state index contributed by atoms with van der Waals surface area (Å²) >= 11 is 0. The van der Waals surface area contributed by atoms with E-state index in [0.29, 0.717) is 0 Å². The lowest BCUT2D eigenvalue weighted by atomic mass is 9.76. The van der Waals surface area contributed by atoms with Gasteiger partial charge in [0.1, 0.15) is 5.54 Å². The van der Waals surface area contributed by atoms with Gasteiger partial charge in [0.05, 0.1) is 0 Å². The van der Waals surface area contributed by atoms with Crippen LogP contribution in [0.25, 0.3) is 0 Å². The highest BCUT2D eigenvalue weighted by atomic mass is 16.4. The number of aliphatic carboxylic acids is 1. The number of nitrogens with one attached hydrogen (secondary N) is 1. The van der Waals surface area contributed by atoms with Crippen LogP contribution in [0.15, 0.2) is 24.3 Å². The SMILES string of the molecule is Cc1cccc(NC2(C(=O)O)CCC2)c1. The smallest absolute Gasteiger partial charge is 0.329 e. The van der Waals surface area contributed by atoms with Gasteiger partial charge in [-0.3, -0.25) is 0 Å². The number of aryl methyl sites for hydroxylation is 1. The van der Waals surface area contributed by atoms with E-state index >= 15 is 0 Å². The molecule has 80 valence electrons. The average molecular weight is 205 g/mol. The molecule has 1 aliphatic carbocycles. The van der Waals surface area contributed by atoms with Crippen molar-refractivity contribution in [3.05, 3.63) is 29.8 Å². The average Bonchev–Trinajstić information content (AvgIpc) is 2.11. The van der Waals surface area contributed by atoms with Crippen LogP contribution < -0.4 is 5.32 Å². The van der Waals surface area contributed by atoms with E-state index in [1.165, 1.54) is 0 Å². The third kappa shape index (κ3) is 1.82. The fourth-order valence-electron chi connectivity index (χ4n) is 1.92. The van der Waals surface area contributed by atoms with E-state index in [1.807, 2.05) is 31.2 Å². The Morgan fingerprint density at radius 1 is 1.47 bits per heavy atom. The van der Waals surface area contributed by atoms with Gasteiger partial charge in [-0.15, -0.1) is 0 Å². The lowest BCUT2D eigenvalue weighted by Crippen LogP contribution is -2.52. The molecule has 1 aromatic rings. The zero-order valence-corrected chi connectivity index (χ0v) is 8.79. The number of hydrogen-bond donors (Lipinski definition) is 2. The first-order chi connectivity index (χ1) is 7.12. The van der Waals surface area contributed by atoms with Gasteiger partial charge in [-0.1, -0.05) is 12.1 Å². The Balaban J connectivity index is 2.17. The second-order valence-corrected chi connectivity index (χ2v) is 4.24. The second-order valence-electron chi connectivity index (χ2n) is 4.24. The van der Waals surface area contributed by atoms with Crippen molar-refractivity contribution in [1.29, 1.82) is 0 Å². The number of carbonyl (C=O) groups is 1. The van der Waals surface area contributed by atoms with E-state index in [9.17, 15) is 4.79 Å². The van der Waals surface area contributed by atoms with Crippen LogP contribution >= 0.6 is 0 Å². The molecule has 0 bridgehead atoms. The van der Waals surface area contributed by atoms with Gasteiger partial charge >= 0.3 is 5.97 Å². The molecular weight excluding hydrogens is 190 g/mol. The molecule has 15 heavy (non-hydrogen) atoms. The van der Waals surface area contributed by atoms with E-state index in [4.69, 9.17) is 5.11 Å². The first kappa shape index (κ1) is 10.0. The summed E-state index contributed by atoms with van der Waals surface area (Å²) in [5, 5.41) is 12.3. The molecule has 0 unspecified atom stereocenters. The minimum atomic E-state index is -0.741. The maximum Gasteiger partial charge on any atom is 0.329 e. The fraction of sp³-hybridized carbons (Fsp3) is 0.417. The van der Waals surface area contributed by atoms with Crippen LogP contribution in [0.5, 0.6) is 0 Å². The van der Waals surface area contributed by atoms with Crippen molar-refractivity contribution < 1.29 is 9.90 Å². The van der Waals surface area contributed by atoms with Crippen LogP contribution in [-0.2, 0) is 4.79 Å². The predicted octanol–water partition coefficient (Wildman–Crippen LogP) is 2.41. The quantitative estimate of drug-likeness (QED) is 0.796. The standard InChI is InChI=1S/C12H15NO2/c1-9-4-2-5-10(8-9)13-12(11(14)15)6-3-7-12/h2,4-5,8,13H,3,6-7H2,1H3,(H,14,15). The number of hydrogen-bond acceptors (Lipinski definition) is 2. The Labute approximate surface area is 89.1 Å². The van der Waals surface area contributed by atoms with Crippen molar-refractivity contribution in [1.82, 2.24) is 0 Å². The van der Waals surface area contributed by atoms with Gasteiger partial charge in [0.15, 0.2) is 0 Å². The van der Waals surface area contributed by atoms with Crippen LogP contribution in [0.3, 0.4) is 0 Å². The first-order valence-electron chi connectivity index (χ1n) is 5.21. The topological polar surface area (TPSA) is 49.3 Å². The Morgan fingerprint density at radius 3 is 2.67 bits per heavy atom. The molecule has 3 nitrogen and oxygen atoms in total. The molecule has 0 aliphatic heterocycles. The first-order valence-corrected chi connectivity index (χ1v) is 5.21. The van der Waals surface area contributed by atoms with Crippen molar-refractivity contribution >= 4 is 11.7 Å². The normalized spacial score (nSPS) is 17.9. The molecule has 1 fully saturated rings. The summed E-state index contributed by atoms with van der Waals surface area (Å²) in [6.07, 6.45) is 2.43. The molecular formula is C12H15NO2. The van der Waals surface area contributed by atoms with E-state index in [2.05, 4.69) is 5.32 Å². The van der Waals surface area contributed by atoms with Crippen LogP contribution in [0.1, 0.15) is 24.8 Å². The molecule has 2 rings (SSSR count). The van der Waals surface area contributed by atoms with E-state index in [0.717, 1.165) is 30.5 Å². The van der Waals surface area contributed by atoms with Crippen molar-refractivity contribution in [2.45, 2.75) is 31.7 Å². The van der Waals surface area contributed by atoms with Gasteiger partial charge in [-0.25, -0.2) is 4.79 Å². The molecule has 1 aliphatic rings. The highest BCUT2D eigenvalue weighted by molar-refractivity contribution is 5.84. The van der Waals surface area contributed by atoms with Gasteiger partial charge in [0.25, 0.3) is 0 Å². The monoisotopic (exact) mass is 205 g/mol. The molecule has 3 heteroatoms. The molecule has 0 atom stereocenters. The third-order valence-electron chi connectivity index (χ3n) is 3.02. The molecule has 2 N–H and O–H groups in total. The largest absolute Gasteiger partial charge is 0.480 e. The second kappa shape index (κ2) is 3.57. The van der Waals surface area contributed by atoms with Crippen molar-refractivity contribution in [2.24, 2.45) is 0 Å². The van der Waals surface area contributed by atoms with Crippen molar-refractivity contribution in [3.63, 3.8) is 0 Å². The van der Waals surface area contributed by atoms with Crippen LogP contribution in [0.2, 0.25) is 0 Å². The molecule has 0 amide bonds. The molecule has 1 aromatic carbocycles. The Bertz CT molecular complexity index is 383. The molecule has 1 saturated carbocycles. The summed E-state index contributed by atoms with van der Waals surface area (Å²) in [6.45, 7) is 2.00. The lowest BCUT2D eigenvalue weighted by molar-refractivity contribution is -0.145. The minimum Gasteiger partial charge on any atom is -0.480 e.